The lowest BCUT2D eigenvalue weighted by Crippen LogP contribution is -2.10. The van der Waals surface area contributed by atoms with Crippen LogP contribution in [0.3, 0.4) is 0 Å². The molecule has 0 spiro atoms. The Morgan fingerprint density at radius 1 is 1.44 bits per heavy atom. The van der Waals surface area contributed by atoms with E-state index in [1.165, 1.54) is 25.3 Å². The first kappa shape index (κ1) is 12.5. The van der Waals surface area contributed by atoms with E-state index in [-0.39, 0.29) is 10.6 Å². The third-order valence-electron chi connectivity index (χ3n) is 1.69. The fourth-order valence-electron chi connectivity index (χ4n) is 1.02. The SMILES string of the molecule is COc1ccc(S(=O)O)cc1OCC(=O)O. The van der Waals surface area contributed by atoms with Crippen molar-refractivity contribution in [2.45, 2.75) is 4.90 Å². The van der Waals surface area contributed by atoms with Crippen LogP contribution in [0.4, 0.5) is 0 Å². The first-order chi connectivity index (χ1) is 7.54. The lowest BCUT2D eigenvalue weighted by atomic mass is 10.3. The van der Waals surface area contributed by atoms with Crippen LogP contribution in [-0.4, -0.2) is 33.6 Å². The lowest BCUT2D eigenvalue weighted by Gasteiger charge is -2.09. The summed E-state index contributed by atoms with van der Waals surface area (Å²) in [5, 5.41) is 8.44. The topological polar surface area (TPSA) is 93.1 Å². The van der Waals surface area contributed by atoms with Crippen LogP contribution in [-0.2, 0) is 15.9 Å². The molecule has 1 aromatic carbocycles. The molecule has 0 amide bonds. The first-order valence-electron chi connectivity index (χ1n) is 4.18. The van der Waals surface area contributed by atoms with Crippen molar-refractivity contribution in [2.75, 3.05) is 13.7 Å². The molecule has 1 aromatic rings. The number of rotatable bonds is 5. The molecule has 0 saturated heterocycles. The molecule has 0 aliphatic rings. The Morgan fingerprint density at radius 2 is 2.12 bits per heavy atom. The van der Waals surface area contributed by atoms with Crippen LogP contribution in [0.5, 0.6) is 11.5 Å². The fraction of sp³-hybridized carbons (Fsp3) is 0.222. The number of hydrogen-bond donors (Lipinski definition) is 2. The van der Waals surface area contributed by atoms with E-state index in [4.69, 9.17) is 19.1 Å². The van der Waals surface area contributed by atoms with Gasteiger partial charge in [0.1, 0.15) is 0 Å². The molecule has 16 heavy (non-hydrogen) atoms. The van der Waals surface area contributed by atoms with Crippen LogP contribution in [0.25, 0.3) is 0 Å². The zero-order valence-electron chi connectivity index (χ0n) is 8.37. The van der Waals surface area contributed by atoms with Gasteiger partial charge in [-0.25, -0.2) is 9.00 Å². The highest BCUT2D eigenvalue weighted by atomic mass is 32.2. The maximum atomic E-state index is 10.8. The number of carboxylic acids is 1. The van der Waals surface area contributed by atoms with E-state index in [0.717, 1.165) is 0 Å². The fourth-order valence-corrected chi connectivity index (χ4v) is 1.41. The van der Waals surface area contributed by atoms with Gasteiger partial charge in [-0.1, -0.05) is 0 Å². The quantitative estimate of drug-likeness (QED) is 0.744. The molecule has 0 fully saturated rings. The summed E-state index contributed by atoms with van der Waals surface area (Å²) in [4.78, 5) is 10.4. The number of hydrogen-bond acceptors (Lipinski definition) is 4. The van der Waals surface area contributed by atoms with Gasteiger partial charge in [0.15, 0.2) is 29.2 Å². The van der Waals surface area contributed by atoms with Crippen LogP contribution in [0, 0.1) is 0 Å². The van der Waals surface area contributed by atoms with E-state index in [9.17, 15) is 9.00 Å². The largest absolute Gasteiger partial charge is 0.493 e. The number of ether oxygens (including phenoxy) is 2. The van der Waals surface area contributed by atoms with Gasteiger partial charge in [-0.2, -0.15) is 0 Å². The van der Waals surface area contributed by atoms with Crippen molar-refractivity contribution >= 4 is 17.0 Å². The number of carboxylic acid groups (broad SMARTS) is 1. The summed E-state index contributed by atoms with van der Waals surface area (Å²) in [7, 11) is 1.39. The molecule has 0 saturated carbocycles. The van der Waals surface area contributed by atoms with Crippen molar-refractivity contribution in [2.24, 2.45) is 0 Å². The summed E-state index contributed by atoms with van der Waals surface area (Å²) in [5.41, 5.74) is 0. The van der Waals surface area contributed by atoms with Gasteiger partial charge in [0, 0.05) is 6.07 Å². The van der Waals surface area contributed by atoms with Crippen LogP contribution in [0.15, 0.2) is 23.1 Å². The van der Waals surface area contributed by atoms with Gasteiger partial charge >= 0.3 is 5.97 Å². The van der Waals surface area contributed by atoms with Gasteiger partial charge in [0.05, 0.1) is 12.0 Å². The minimum Gasteiger partial charge on any atom is -0.493 e. The third-order valence-corrected chi connectivity index (χ3v) is 2.35. The highest BCUT2D eigenvalue weighted by molar-refractivity contribution is 7.79. The van der Waals surface area contributed by atoms with E-state index < -0.39 is 23.7 Å². The van der Waals surface area contributed by atoms with E-state index in [1.54, 1.807) is 0 Å². The summed E-state index contributed by atoms with van der Waals surface area (Å²) in [5.74, 6) is -0.724. The minimum absolute atomic E-state index is 0.112. The van der Waals surface area contributed by atoms with Crippen molar-refractivity contribution in [1.29, 1.82) is 0 Å². The Labute approximate surface area is 94.1 Å². The monoisotopic (exact) mass is 246 g/mol. The van der Waals surface area contributed by atoms with E-state index in [2.05, 4.69) is 0 Å². The molecule has 0 heterocycles. The summed E-state index contributed by atoms with van der Waals surface area (Å²) in [6.45, 7) is -0.544. The molecule has 0 radical (unpaired) electrons. The number of methoxy groups -OCH3 is 1. The standard InChI is InChI=1S/C9H10O6S/c1-14-7-3-2-6(16(12)13)4-8(7)15-5-9(10)11/h2-4H,5H2,1H3,(H,10,11)(H,12,13). The molecule has 7 heteroatoms. The highest BCUT2D eigenvalue weighted by Gasteiger charge is 2.10. The number of aliphatic carboxylic acids is 1. The van der Waals surface area contributed by atoms with Crippen molar-refractivity contribution < 1.29 is 28.1 Å². The second kappa shape index (κ2) is 5.47. The Bertz CT molecular complexity index is 416. The number of benzene rings is 1. The third kappa shape index (κ3) is 3.21. The van der Waals surface area contributed by atoms with Gasteiger partial charge in [0.25, 0.3) is 0 Å². The van der Waals surface area contributed by atoms with Gasteiger partial charge in [-0.05, 0) is 12.1 Å². The van der Waals surface area contributed by atoms with Crippen molar-refractivity contribution in [3.63, 3.8) is 0 Å². The molecule has 0 aliphatic carbocycles. The van der Waals surface area contributed by atoms with Gasteiger partial charge in [-0.3, -0.25) is 0 Å². The maximum Gasteiger partial charge on any atom is 0.341 e. The second-order valence-corrected chi connectivity index (χ2v) is 3.71. The lowest BCUT2D eigenvalue weighted by molar-refractivity contribution is -0.139. The molecule has 1 unspecified atom stereocenters. The first-order valence-corrected chi connectivity index (χ1v) is 5.28. The van der Waals surface area contributed by atoms with Crippen LogP contribution < -0.4 is 9.47 Å². The Morgan fingerprint density at radius 3 is 2.62 bits per heavy atom. The van der Waals surface area contributed by atoms with Gasteiger partial charge < -0.3 is 19.1 Å². The Hall–Kier alpha value is -1.60. The predicted octanol–water partition coefficient (Wildman–Crippen LogP) is 0.739. The molecule has 2 N–H and O–H groups in total. The highest BCUT2D eigenvalue weighted by Crippen LogP contribution is 2.28. The smallest absolute Gasteiger partial charge is 0.341 e. The Kier molecular flexibility index (Phi) is 4.27. The molecule has 0 aliphatic heterocycles. The maximum absolute atomic E-state index is 10.8. The molecule has 88 valence electrons. The zero-order chi connectivity index (χ0) is 12.1. The second-order valence-electron chi connectivity index (χ2n) is 2.74. The van der Waals surface area contributed by atoms with Crippen molar-refractivity contribution in [3.05, 3.63) is 18.2 Å². The molecule has 1 atom stereocenters. The summed E-state index contributed by atoms with van der Waals surface area (Å²) in [6, 6.07) is 4.08. The number of carbonyl (C=O) groups is 1. The van der Waals surface area contributed by atoms with Crippen LogP contribution in [0.1, 0.15) is 0 Å². The summed E-state index contributed by atoms with van der Waals surface area (Å²) in [6.07, 6.45) is 0. The normalized spacial score (nSPS) is 11.9. The Balaban J connectivity index is 2.97. The zero-order valence-corrected chi connectivity index (χ0v) is 9.19. The van der Waals surface area contributed by atoms with Gasteiger partial charge in [-0.15, -0.1) is 0 Å². The molecular formula is C9H10O6S. The molecule has 0 aromatic heterocycles. The average molecular weight is 246 g/mol. The summed E-state index contributed by atoms with van der Waals surface area (Å²) < 4.78 is 29.5. The predicted molar refractivity (Wildman–Crippen MR) is 55.2 cm³/mol. The van der Waals surface area contributed by atoms with E-state index in [1.807, 2.05) is 0 Å². The van der Waals surface area contributed by atoms with Crippen LogP contribution >= 0.6 is 0 Å². The summed E-state index contributed by atoms with van der Waals surface area (Å²) >= 11 is -2.15. The molecule has 1 rings (SSSR count). The van der Waals surface area contributed by atoms with Gasteiger partial charge in [0.2, 0.25) is 0 Å². The van der Waals surface area contributed by atoms with Crippen molar-refractivity contribution in [1.82, 2.24) is 0 Å². The molecular weight excluding hydrogens is 236 g/mol. The molecule has 6 nitrogen and oxygen atoms in total. The molecule has 0 bridgehead atoms. The van der Waals surface area contributed by atoms with E-state index in [0.29, 0.717) is 5.75 Å². The minimum atomic E-state index is -2.15. The average Bonchev–Trinajstić information content (AvgIpc) is 2.25. The van der Waals surface area contributed by atoms with Crippen LogP contribution in [0.2, 0.25) is 0 Å². The van der Waals surface area contributed by atoms with Crippen molar-refractivity contribution in [3.8, 4) is 11.5 Å². The van der Waals surface area contributed by atoms with E-state index >= 15 is 0 Å².